The lowest BCUT2D eigenvalue weighted by atomic mass is 10.1. The third-order valence-electron chi connectivity index (χ3n) is 4.25. The van der Waals surface area contributed by atoms with Crippen molar-refractivity contribution in [2.24, 2.45) is 0 Å². The van der Waals surface area contributed by atoms with Gasteiger partial charge in [0.15, 0.2) is 0 Å². The Bertz CT molecular complexity index is 328. The molecule has 0 bridgehead atoms. The van der Waals surface area contributed by atoms with Crippen LogP contribution >= 0.6 is 0 Å². The molecule has 1 rings (SSSR count). The quantitative estimate of drug-likeness (QED) is 0.484. The molecular weight excluding hydrogens is 274 g/mol. The molecule has 0 aromatic heterocycles. The molecule has 0 aliphatic carbocycles. The monoisotopic (exact) mass is 309 g/mol. The van der Waals surface area contributed by atoms with E-state index in [-0.39, 0.29) is 5.91 Å². The summed E-state index contributed by atoms with van der Waals surface area (Å²) in [6, 6.07) is 0. The van der Waals surface area contributed by atoms with Gasteiger partial charge in [-0.25, -0.2) is 0 Å². The van der Waals surface area contributed by atoms with Gasteiger partial charge in [-0.15, -0.1) is 0 Å². The van der Waals surface area contributed by atoms with Crippen LogP contribution in [0.3, 0.4) is 0 Å². The van der Waals surface area contributed by atoms with Crippen molar-refractivity contribution in [2.75, 3.05) is 53.4 Å². The predicted molar refractivity (Wildman–Crippen MR) is 94.1 cm³/mol. The first kappa shape index (κ1) is 19.2. The van der Waals surface area contributed by atoms with E-state index in [1.165, 1.54) is 25.7 Å². The summed E-state index contributed by atoms with van der Waals surface area (Å²) in [5.41, 5.74) is 0. The molecule has 1 fully saturated rings. The number of unbranched alkanes of at least 4 members (excludes halogenated alkanes) is 4. The fourth-order valence-corrected chi connectivity index (χ4v) is 2.73. The fraction of sp³-hybridized carbons (Fsp3) is 0.833. The van der Waals surface area contributed by atoms with Crippen LogP contribution < -0.4 is 0 Å². The Morgan fingerprint density at radius 2 is 1.91 bits per heavy atom. The van der Waals surface area contributed by atoms with Crippen molar-refractivity contribution in [2.45, 2.75) is 45.4 Å². The van der Waals surface area contributed by atoms with E-state index in [0.29, 0.717) is 0 Å². The second-order valence-corrected chi connectivity index (χ2v) is 6.58. The smallest absolute Gasteiger partial charge is 0.246 e. The number of hydrogen-bond acceptors (Lipinski definition) is 3. The van der Waals surface area contributed by atoms with Crippen molar-refractivity contribution in [1.29, 1.82) is 0 Å². The third kappa shape index (κ3) is 8.54. The maximum absolute atomic E-state index is 12.2. The SMILES string of the molecule is CCCCCCC=CC(=O)N1CCCN(CCN(C)C)CC1. The fourth-order valence-electron chi connectivity index (χ4n) is 2.73. The summed E-state index contributed by atoms with van der Waals surface area (Å²) in [6.45, 7) is 8.29. The maximum atomic E-state index is 12.2. The standard InChI is InChI=1S/C18H35N3O/c1-4-5-6-7-8-9-11-18(22)21-13-10-12-20(16-17-21)15-14-19(2)3/h9,11H,4-8,10,12-17H2,1-3H3. The Morgan fingerprint density at radius 1 is 1.09 bits per heavy atom. The van der Waals surface area contributed by atoms with Gasteiger partial charge >= 0.3 is 0 Å². The molecule has 1 amide bonds. The Hall–Kier alpha value is -0.870. The highest BCUT2D eigenvalue weighted by atomic mass is 16.2. The number of carbonyl (C=O) groups is 1. The molecule has 1 aliphatic rings. The van der Waals surface area contributed by atoms with Gasteiger partial charge in [-0.3, -0.25) is 4.79 Å². The summed E-state index contributed by atoms with van der Waals surface area (Å²) in [6.07, 6.45) is 11.0. The highest BCUT2D eigenvalue weighted by Gasteiger charge is 2.17. The Kier molecular flexibility index (Phi) is 10.2. The number of hydrogen-bond donors (Lipinski definition) is 0. The van der Waals surface area contributed by atoms with Gasteiger partial charge in [0.25, 0.3) is 0 Å². The molecule has 0 unspecified atom stereocenters. The van der Waals surface area contributed by atoms with Gasteiger partial charge < -0.3 is 14.7 Å². The van der Waals surface area contributed by atoms with E-state index in [9.17, 15) is 4.79 Å². The van der Waals surface area contributed by atoms with Gasteiger partial charge in [0.1, 0.15) is 0 Å². The molecule has 4 heteroatoms. The van der Waals surface area contributed by atoms with Crippen molar-refractivity contribution < 1.29 is 4.79 Å². The van der Waals surface area contributed by atoms with Crippen molar-refractivity contribution >= 4 is 5.91 Å². The van der Waals surface area contributed by atoms with Crippen molar-refractivity contribution in [3.63, 3.8) is 0 Å². The van der Waals surface area contributed by atoms with E-state index in [1.54, 1.807) is 6.08 Å². The van der Waals surface area contributed by atoms with Gasteiger partial charge in [0.05, 0.1) is 0 Å². The number of allylic oxidation sites excluding steroid dienone is 1. The van der Waals surface area contributed by atoms with Crippen LogP contribution in [0.2, 0.25) is 0 Å². The van der Waals surface area contributed by atoms with E-state index in [4.69, 9.17) is 0 Å². The Balaban J connectivity index is 2.24. The molecular formula is C18H35N3O. The van der Waals surface area contributed by atoms with Gasteiger partial charge in [-0.1, -0.05) is 32.3 Å². The van der Waals surface area contributed by atoms with Gasteiger partial charge in [-0.05, 0) is 46.0 Å². The summed E-state index contributed by atoms with van der Waals surface area (Å²) >= 11 is 0. The second-order valence-electron chi connectivity index (χ2n) is 6.58. The Labute approximate surface area is 137 Å². The van der Waals surface area contributed by atoms with Crippen LogP contribution in [0, 0.1) is 0 Å². The zero-order valence-electron chi connectivity index (χ0n) is 14.9. The van der Waals surface area contributed by atoms with Crippen LogP contribution in [0.15, 0.2) is 12.2 Å². The lowest BCUT2D eigenvalue weighted by molar-refractivity contribution is -0.125. The first-order chi connectivity index (χ1) is 10.6. The van der Waals surface area contributed by atoms with Crippen molar-refractivity contribution in [3.05, 3.63) is 12.2 Å². The highest BCUT2D eigenvalue weighted by molar-refractivity contribution is 5.87. The second kappa shape index (κ2) is 11.7. The topological polar surface area (TPSA) is 26.8 Å². The minimum Gasteiger partial charge on any atom is -0.338 e. The van der Waals surface area contributed by atoms with Gasteiger partial charge in [0.2, 0.25) is 5.91 Å². The average molecular weight is 309 g/mol. The molecule has 1 saturated heterocycles. The first-order valence-corrected chi connectivity index (χ1v) is 8.96. The third-order valence-corrected chi connectivity index (χ3v) is 4.25. The summed E-state index contributed by atoms with van der Waals surface area (Å²) in [5.74, 6) is 0.199. The number of amides is 1. The molecule has 22 heavy (non-hydrogen) atoms. The van der Waals surface area contributed by atoms with E-state index in [0.717, 1.165) is 52.1 Å². The summed E-state index contributed by atoms with van der Waals surface area (Å²) in [5, 5.41) is 0. The molecule has 1 heterocycles. The number of nitrogens with zero attached hydrogens (tertiary/aromatic N) is 3. The molecule has 4 nitrogen and oxygen atoms in total. The van der Waals surface area contributed by atoms with Crippen molar-refractivity contribution in [1.82, 2.24) is 14.7 Å². The summed E-state index contributed by atoms with van der Waals surface area (Å²) in [4.78, 5) is 18.9. The predicted octanol–water partition coefficient (Wildman–Crippen LogP) is 2.61. The first-order valence-electron chi connectivity index (χ1n) is 8.96. The average Bonchev–Trinajstić information content (AvgIpc) is 2.74. The molecule has 0 aromatic rings. The molecule has 0 N–H and O–H groups in total. The van der Waals surface area contributed by atoms with Crippen LogP contribution in [-0.2, 0) is 4.79 Å². The van der Waals surface area contributed by atoms with Crippen LogP contribution in [0.4, 0.5) is 0 Å². The number of rotatable bonds is 9. The van der Waals surface area contributed by atoms with Crippen LogP contribution in [-0.4, -0.2) is 74.0 Å². The minimum atomic E-state index is 0.199. The molecule has 0 atom stereocenters. The zero-order chi connectivity index (χ0) is 16.2. The molecule has 0 spiro atoms. The number of carbonyl (C=O) groups excluding carboxylic acids is 1. The van der Waals surface area contributed by atoms with E-state index < -0.39 is 0 Å². The summed E-state index contributed by atoms with van der Waals surface area (Å²) < 4.78 is 0. The molecule has 0 saturated carbocycles. The van der Waals surface area contributed by atoms with Gasteiger partial charge in [0, 0.05) is 32.7 Å². The molecule has 1 aliphatic heterocycles. The zero-order valence-corrected chi connectivity index (χ0v) is 14.9. The largest absolute Gasteiger partial charge is 0.338 e. The van der Waals surface area contributed by atoms with E-state index >= 15 is 0 Å². The van der Waals surface area contributed by atoms with Crippen LogP contribution in [0.1, 0.15) is 45.4 Å². The minimum absolute atomic E-state index is 0.199. The van der Waals surface area contributed by atoms with Crippen molar-refractivity contribution in [3.8, 4) is 0 Å². The lowest BCUT2D eigenvalue weighted by Gasteiger charge is -2.22. The summed E-state index contributed by atoms with van der Waals surface area (Å²) in [7, 11) is 4.22. The van der Waals surface area contributed by atoms with Crippen LogP contribution in [0.5, 0.6) is 0 Å². The maximum Gasteiger partial charge on any atom is 0.246 e. The van der Waals surface area contributed by atoms with Gasteiger partial charge in [-0.2, -0.15) is 0 Å². The normalized spacial score (nSPS) is 17.4. The molecule has 0 aromatic carbocycles. The molecule has 128 valence electrons. The lowest BCUT2D eigenvalue weighted by Crippen LogP contribution is -2.36. The molecule has 0 radical (unpaired) electrons. The van der Waals surface area contributed by atoms with E-state index in [1.807, 2.05) is 4.90 Å². The highest BCUT2D eigenvalue weighted by Crippen LogP contribution is 2.06. The number of likely N-dealkylation sites (N-methyl/N-ethyl adjacent to an activating group) is 1. The van der Waals surface area contributed by atoms with E-state index in [2.05, 4.69) is 36.9 Å². The Morgan fingerprint density at radius 3 is 2.64 bits per heavy atom. The van der Waals surface area contributed by atoms with Crippen LogP contribution in [0.25, 0.3) is 0 Å².